The molecule has 0 unspecified atom stereocenters. The second-order valence-corrected chi connectivity index (χ2v) is 3.33. The molecule has 2 nitrogen and oxygen atoms in total. The first-order valence-corrected chi connectivity index (χ1v) is 4.26. The van der Waals surface area contributed by atoms with Crippen LogP contribution in [-0.4, -0.2) is 10.1 Å². The fourth-order valence-corrected chi connectivity index (χ4v) is 1.51. The SMILES string of the molecule is OCc1cnc(C(F)F)c(I)c1. The van der Waals surface area contributed by atoms with E-state index < -0.39 is 6.43 Å². The van der Waals surface area contributed by atoms with Gasteiger partial charge in [-0.3, -0.25) is 4.98 Å². The molecular formula is C7H6F2INO. The Morgan fingerprint density at radius 3 is 2.67 bits per heavy atom. The van der Waals surface area contributed by atoms with Crippen LogP contribution in [0.15, 0.2) is 12.3 Å². The molecule has 0 bridgehead atoms. The molecule has 1 N–H and O–H groups in total. The molecule has 1 rings (SSSR count). The Morgan fingerprint density at radius 1 is 1.58 bits per heavy atom. The predicted molar refractivity (Wildman–Crippen MR) is 47.8 cm³/mol. The summed E-state index contributed by atoms with van der Waals surface area (Å²) in [4.78, 5) is 3.53. The summed E-state index contributed by atoms with van der Waals surface area (Å²) in [5, 5.41) is 8.66. The largest absolute Gasteiger partial charge is 0.392 e. The molecule has 0 aliphatic heterocycles. The number of rotatable bonds is 2. The van der Waals surface area contributed by atoms with Crippen molar-refractivity contribution in [3.8, 4) is 0 Å². The van der Waals surface area contributed by atoms with E-state index in [2.05, 4.69) is 4.98 Å². The van der Waals surface area contributed by atoms with Crippen LogP contribution in [0.3, 0.4) is 0 Å². The van der Waals surface area contributed by atoms with E-state index in [4.69, 9.17) is 5.11 Å². The van der Waals surface area contributed by atoms with E-state index in [0.29, 0.717) is 9.13 Å². The van der Waals surface area contributed by atoms with Gasteiger partial charge in [-0.15, -0.1) is 0 Å². The Morgan fingerprint density at radius 2 is 2.25 bits per heavy atom. The smallest absolute Gasteiger partial charge is 0.281 e. The van der Waals surface area contributed by atoms with E-state index in [0.717, 1.165) is 0 Å². The molecule has 0 saturated carbocycles. The number of alkyl halides is 2. The summed E-state index contributed by atoms with van der Waals surface area (Å²) in [6.45, 7) is -0.174. The lowest BCUT2D eigenvalue weighted by Gasteiger charge is -2.02. The Hall–Kier alpha value is -0.300. The zero-order valence-corrected chi connectivity index (χ0v) is 8.12. The van der Waals surface area contributed by atoms with Crippen molar-refractivity contribution < 1.29 is 13.9 Å². The molecule has 1 heterocycles. The van der Waals surface area contributed by atoms with Gasteiger partial charge in [-0.05, 0) is 34.2 Å². The van der Waals surface area contributed by atoms with Gasteiger partial charge in [0.25, 0.3) is 6.43 Å². The van der Waals surface area contributed by atoms with Gasteiger partial charge in [0.05, 0.1) is 6.61 Å². The molecule has 0 radical (unpaired) electrons. The number of pyridine rings is 1. The lowest BCUT2D eigenvalue weighted by Crippen LogP contribution is -1.96. The molecule has 1 aromatic rings. The maximum Gasteiger partial charge on any atom is 0.281 e. The van der Waals surface area contributed by atoms with Crippen LogP contribution in [0.4, 0.5) is 8.78 Å². The molecule has 5 heteroatoms. The zero-order chi connectivity index (χ0) is 9.14. The topological polar surface area (TPSA) is 33.1 Å². The van der Waals surface area contributed by atoms with Crippen molar-refractivity contribution in [1.82, 2.24) is 4.98 Å². The summed E-state index contributed by atoms with van der Waals surface area (Å²) in [5.41, 5.74) is 0.316. The lowest BCUT2D eigenvalue weighted by atomic mass is 10.2. The van der Waals surface area contributed by atoms with Gasteiger partial charge in [0, 0.05) is 9.77 Å². The molecule has 0 atom stereocenters. The number of hydrogen-bond acceptors (Lipinski definition) is 2. The number of halogens is 3. The fourth-order valence-electron chi connectivity index (χ4n) is 0.735. The Balaban J connectivity index is 3.03. The third-order valence-electron chi connectivity index (χ3n) is 1.32. The average molecular weight is 285 g/mol. The summed E-state index contributed by atoms with van der Waals surface area (Å²) >= 11 is 1.77. The maximum absolute atomic E-state index is 12.1. The Kier molecular flexibility index (Phi) is 3.33. The number of aromatic nitrogens is 1. The minimum Gasteiger partial charge on any atom is -0.392 e. The highest BCUT2D eigenvalue weighted by Gasteiger charge is 2.12. The first-order valence-electron chi connectivity index (χ1n) is 3.18. The van der Waals surface area contributed by atoms with Crippen LogP contribution in [0.25, 0.3) is 0 Å². The minimum atomic E-state index is -2.55. The van der Waals surface area contributed by atoms with Gasteiger partial charge in [-0.1, -0.05) is 0 Å². The predicted octanol–water partition coefficient (Wildman–Crippen LogP) is 2.12. The third kappa shape index (κ3) is 2.10. The van der Waals surface area contributed by atoms with Crippen LogP contribution < -0.4 is 0 Å². The van der Waals surface area contributed by atoms with E-state index in [1.807, 2.05) is 0 Å². The molecule has 0 saturated heterocycles. The summed E-state index contributed by atoms with van der Waals surface area (Å²) in [7, 11) is 0. The Labute approximate surface area is 81.8 Å². The zero-order valence-electron chi connectivity index (χ0n) is 5.97. The van der Waals surface area contributed by atoms with Crippen molar-refractivity contribution in [3.05, 3.63) is 27.1 Å². The van der Waals surface area contributed by atoms with E-state index in [1.54, 1.807) is 22.6 Å². The van der Waals surface area contributed by atoms with Crippen molar-refractivity contribution in [2.75, 3.05) is 0 Å². The van der Waals surface area contributed by atoms with Crippen LogP contribution in [0.2, 0.25) is 0 Å². The molecule has 12 heavy (non-hydrogen) atoms. The number of aliphatic hydroxyl groups excluding tert-OH is 1. The van der Waals surface area contributed by atoms with Crippen molar-refractivity contribution in [1.29, 1.82) is 0 Å². The Bertz CT molecular complexity index is 280. The fraction of sp³-hybridized carbons (Fsp3) is 0.286. The second kappa shape index (κ2) is 4.08. The van der Waals surface area contributed by atoms with Crippen LogP contribution >= 0.6 is 22.6 Å². The van der Waals surface area contributed by atoms with Crippen LogP contribution in [0, 0.1) is 3.57 Å². The molecule has 0 aliphatic rings. The summed E-state index contributed by atoms with van der Waals surface area (Å²) < 4.78 is 24.7. The quantitative estimate of drug-likeness (QED) is 0.844. The molecule has 0 aromatic carbocycles. The van der Waals surface area contributed by atoms with Crippen LogP contribution in [-0.2, 0) is 6.61 Å². The summed E-state index contributed by atoms with van der Waals surface area (Å²) in [6, 6.07) is 1.50. The molecular weight excluding hydrogens is 279 g/mol. The minimum absolute atomic E-state index is 0.174. The normalized spacial score (nSPS) is 10.8. The van der Waals surface area contributed by atoms with Crippen molar-refractivity contribution in [2.24, 2.45) is 0 Å². The molecule has 0 amide bonds. The van der Waals surface area contributed by atoms with Gasteiger partial charge < -0.3 is 5.11 Å². The van der Waals surface area contributed by atoms with Crippen molar-refractivity contribution in [3.63, 3.8) is 0 Å². The summed E-state index contributed by atoms with van der Waals surface area (Å²) in [5.74, 6) is 0. The van der Waals surface area contributed by atoms with E-state index in [1.165, 1.54) is 12.3 Å². The second-order valence-electron chi connectivity index (χ2n) is 2.17. The molecule has 0 aliphatic carbocycles. The monoisotopic (exact) mass is 285 g/mol. The first kappa shape index (κ1) is 9.79. The molecule has 66 valence electrons. The van der Waals surface area contributed by atoms with Gasteiger partial charge in [0.15, 0.2) is 0 Å². The van der Waals surface area contributed by atoms with Crippen molar-refractivity contribution in [2.45, 2.75) is 13.0 Å². The van der Waals surface area contributed by atoms with Gasteiger partial charge in [0.2, 0.25) is 0 Å². The van der Waals surface area contributed by atoms with Gasteiger partial charge in [0.1, 0.15) is 5.69 Å². The summed E-state index contributed by atoms with van der Waals surface area (Å²) in [6.07, 6.45) is -1.30. The highest BCUT2D eigenvalue weighted by atomic mass is 127. The molecule has 1 aromatic heterocycles. The van der Waals surface area contributed by atoms with Gasteiger partial charge >= 0.3 is 0 Å². The lowest BCUT2D eigenvalue weighted by molar-refractivity contribution is 0.145. The van der Waals surface area contributed by atoms with E-state index in [9.17, 15) is 8.78 Å². The van der Waals surface area contributed by atoms with Gasteiger partial charge in [-0.2, -0.15) is 0 Å². The van der Waals surface area contributed by atoms with Crippen molar-refractivity contribution >= 4 is 22.6 Å². The maximum atomic E-state index is 12.1. The highest BCUT2D eigenvalue weighted by Crippen LogP contribution is 2.22. The molecule has 0 fully saturated rings. The number of aliphatic hydroxyl groups is 1. The van der Waals surface area contributed by atoms with E-state index in [-0.39, 0.29) is 12.3 Å². The standard InChI is InChI=1S/C7H6F2INO/c8-7(9)6-5(10)1-4(3-12)2-11-6/h1-2,7,12H,3H2. The first-order chi connectivity index (χ1) is 5.65. The van der Waals surface area contributed by atoms with Crippen LogP contribution in [0.5, 0.6) is 0 Å². The van der Waals surface area contributed by atoms with Gasteiger partial charge in [-0.25, -0.2) is 8.78 Å². The third-order valence-corrected chi connectivity index (χ3v) is 2.18. The molecule has 0 spiro atoms. The van der Waals surface area contributed by atoms with Crippen LogP contribution in [0.1, 0.15) is 17.7 Å². The average Bonchev–Trinajstić information content (AvgIpc) is 2.03. The number of nitrogens with zero attached hydrogens (tertiary/aromatic N) is 1. The number of hydrogen-bond donors (Lipinski definition) is 1. The highest BCUT2D eigenvalue weighted by molar-refractivity contribution is 14.1. The van der Waals surface area contributed by atoms with E-state index >= 15 is 0 Å².